The summed E-state index contributed by atoms with van der Waals surface area (Å²) in [6.07, 6.45) is 0.181. The van der Waals surface area contributed by atoms with Crippen LogP contribution >= 0.6 is 11.6 Å². The van der Waals surface area contributed by atoms with Crippen molar-refractivity contribution in [2.45, 2.75) is 52.4 Å². The van der Waals surface area contributed by atoms with Crippen LogP contribution in [0.15, 0.2) is 18.2 Å². The molecule has 0 N–H and O–H groups in total. The van der Waals surface area contributed by atoms with Crippen molar-refractivity contribution in [2.24, 2.45) is 0 Å². The van der Waals surface area contributed by atoms with Crippen LogP contribution < -0.4 is 4.74 Å². The molecular weight excluding hydrogens is 302 g/mol. The van der Waals surface area contributed by atoms with Gasteiger partial charge in [-0.15, -0.1) is 0 Å². The number of benzene rings is 1. The molecule has 4 nitrogen and oxygen atoms in total. The number of amides is 1. The maximum absolute atomic E-state index is 12.7. The highest BCUT2D eigenvalue weighted by Gasteiger charge is 2.31. The van der Waals surface area contributed by atoms with Crippen molar-refractivity contribution in [3.63, 3.8) is 0 Å². The van der Waals surface area contributed by atoms with Crippen LogP contribution in [0.2, 0.25) is 5.02 Å². The van der Waals surface area contributed by atoms with Crippen LogP contribution in [-0.2, 0) is 9.53 Å². The Hall–Kier alpha value is -1.26. The van der Waals surface area contributed by atoms with Gasteiger partial charge in [-0.25, -0.2) is 0 Å². The van der Waals surface area contributed by atoms with Crippen molar-refractivity contribution in [1.29, 1.82) is 0 Å². The van der Waals surface area contributed by atoms with E-state index < -0.39 is 6.10 Å². The minimum Gasteiger partial charge on any atom is -0.479 e. The van der Waals surface area contributed by atoms with E-state index in [0.29, 0.717) is 30.3 Å². The molecule has 0 aliphatic carbocycles. The lowest BCUT2D eigenvalue weighted by molar-refractivity contribution is -0.150. The number of rotatable bonds is 4. The lowest BCUT2D eigenvalue weighted by atomic mass is 10.1. The summed E-state index contributed by atoms with van der Waals surface area (Å²) in [6, 6.07) is 5.58. The average Bonchev–Trinajstić information content (AvgIpc) is 2.46. The molecule has 1 aromatic rings. The molecule has 0 unspecified atom stereocenters. The third-order valence-electron chi connectivity index (χ3n) is 3.73. The summed E-state index contributed by atoms with van der Waals surface area (Å²) in [7, 11) is 0. The number of hydrogen-bond donors (Lipinski definition) is 0. The summed E-state index contributed by atoms with van der Waals surface area (Å²) < 4.78 is 11.6. The highest BCUT2D eigenvalue weighted by atomic mass is 35.5. The van der Waals surface area contributed by atoms with Gasteiger partial charge in [-0.1, -0.05) is 24.6 Å². The van der Waals surface area contributed by atoms with Crippen LogP contribution in [0.3, 0.4) is 0 Å². The van der Waals surface area contributed by atoms with Gasteiger partial charge in [0.15, 0.2) is 6.10 Å². The summed E-state index contributed by atoms with van der Waals surface area (Å²) in [6.45, 7) is 9.08. The minimum absolute atomic E-state index is 0.00192. The van der Waals surface area contributed by atoms with Crippen LogP contribution in [0.4, 0.5) is 0 Å². The second kappa shape index (κ2) is 7.34. The van der Waals surface area contributed by atoms with E-state index in [9.17, 15) is 4.79 Å². The van der Waals surface area contributed by atoms with E-state index >= 15 is 0 Å². The van der Waals surface area contributed by atoms with Gasteiger partial charge in [-0.2, -0.15) is 0 Å². The van der Waals surface area contributed by atoms with Gasteiger partial charge in [0.1, 0.15) is 5.75 Å². The molecule has 0 radical (unpaired) electrons. The van der Waals surface area contributed by atoms with Crippen LogP contribution in [-0.4, -0.2) is 42.2 Å². The van der Waals surface area contributed by atoms with E-state index in [1.807, 2.05) is 44.7 Å². The van der Waals surface area contributed by atoms with E-state index in [-0.39, 0.29) is 18.1 Å². The normalized spacial score (nSPS) is 23.2. The molecule has 22 heavy (non-hydrogen) atoms. The van der Waals surface area contributed by atoms with Crippen LogP contribution in [0.1, 0.15) is 32.8 Å². The van der Waals surface area contributed by atoms with E-state index in [4.69, 9.17) is 21.1 Å². The van der Waals surface area contributed by atoms with E-state index in [2.05, 4.69) is 0 Å². The fourth-order valence-electron chi connectivity index (χ4n) is 2.72. The van der Waals surface area contributed by atoms with Gasteiger partial charge < -0.3 is 14.4 Å². The summed E-state index contributed by atoms with van der Waals surface area (Å²) in [5.41, 5.74) is 1.05. The molecule has 5 heteroatoms. The molecule has 0 bridgehead atoms. The first kappa shape index (κ1) is 17.1. The molecule has 1 aliphatic rings. The Balaban J connectivity index is 2.10. The molecular formula is C17H24ClNO3. The standard InChI is InChI=1S/C17H24ClNO3/c1-5-15(22-16-8-11(2)6-7-14(16)18)17(20)19-9-12(3)21-13(4)10-19/h6-8,12-13,15H,5,9-10H2,1-4H3/t12-,13+,15-/m0/s1. The van der Waals surface area contributed by atoms with E-state index in [0.717, 1.165) is 5.56 Å². The second-order valence-corrected chi connectivity index (χ2v) is 6.36. The maximum atomic E-state index is 12.7. The Morgan fingerprint density at radius 3 is 2.64 bits per heavy atom. The van der Waals surface area contributed by atoms with Gasteiger partial charge in [-0.3, -0.25) is 4.79 Å². The SMILES string of the molecule is CC[C@H](Oc1cc(C)ccc1Cl)C(=O)N1C[C@@H](C)O[C@@H](C)C1. The second-order valence-electron chi connectivity index (χ2n) is 5.95. The minimum atomic E-state index is -0.517. The Labute approximate surface area is 137 Å². The first-order valence-electron chi connectivity index (χ1n) is 7.77. The molecule has 1 heterocycles. The summed E-state index contributed by atoms with van der Waals surface area (Å²) in [5, 5.41) is 0.528. The third kappa shape index (κ3) is 4.14. The Kier molecular flexibility index (Phi) is 5.70. The van der Waals surface area contributed by atoms with Crippen LogP contribution in [0, 0.1) is 6.92 Å². The zero-order valence-corrected chi connectivity index (χ0v) is 14.4. The number of carbonyl (C=O) groups is 1. The van der Waals surface area contributed by atoms with Gasteiger partial charge in [-0.05, 0) is 44.9 Å². The zero-order chi connectivity index (χ0) is 16.3. The Morgan fingerprint density at radius 1 is 1.41 bits per heavy atom. The number of carbonyl (C=O) groups excluding carboxylic acids is 1. The Bertz CT molecular complexity index is 525. The van der Waals surface area contributed by atoms with E-state index in [1.54, 1.807) is 6.07 Å². The fraction of sp³-hybridized carbons (Fsp3) is 0.588. The lowest BCUT2D eigenvalue weighted by Crippen LogP contribution is -2.52. The first-order valence-corrected chi connectivity index (χ1v) is 8.15. The molecule has 3 atom stereocenters. The summed E-state index contributed by atoms with van der Waals surface area (Å²) >= 11 is 6.16. The van der Waals surface area contributed by atoms with Crippen molar-refractivity contribution in [3.8, 4) is 5.75 Å². The largest absolute Gasteiger partial charge is 0.479 e. The van der Waals surface area contributed by atoms with Crippen molar-refractivity contribution in [3.05, 3.63) is 28.8 Å². The average molecular weight is 326 g/mol. The fourth-order valence-corrected chi connectivity index (χ4v) is 2.89. The Morgan fingerprint density at radius 2 is 2.05 bits per heavy atom. The predicted molar refractivity (Wildman–Crippen MR) is 87.5 cm³/mol. The smallest absolute Gasteiger partial charge is 0.263 e. The molecule has 2 rings (SSSR count). The first-order chi connectivity index (χ1) is 10.4. The highest BCUT2D eigenvalue weighted by Crippen LogP contribution is 2.27. The van der Waals surface area contributed by atoms with Gasteiger partial charge in [0, 0.05) is 13.1 Å². The quantitative estimate of drug-likeness (QED) is 0.851. The zero-order valence-electron chi connectivity index (χ0n) is 13.6. The van der Waals surface area contributed by atoms with Gasteiger partial charge in [0.25, 0.3) is 5.91 Å². The summed E-state index contributed by atoms with van der Waals surface area (Å²) in [5.74, 6) is 0.568. The van der Waals surface area contributed by atoms with Crippen molar-refractivity contribution in [1.82, 2.24) is 4.90 Å². The topological polar surface area (TPSA) is 38.8 Å². The molecule has 1 aliphatic heterocycles. The monoisotopic (exact) mass is 325 g/mol. The maximum Gasteiger partial charge on any atom is 0.263 e. The molecule has 1 fully saturated rings. The lowest BCUT2D eigenvalue weighted by Gasteiger charge is -2.37. The van der Waals surface area contributed by atoms with Crippen molar-refractivity contribution in [2.75, 3.05) is 13.1 Å². The molecule has 0 aromatic heterocycles. The molecule has 122 valence electrons. The highest BCUT2D eigenvalue weighted by molar-refractivity contribution is 6.32. The number of morpholine rings is 1. The van der Waals surface area contributed by atoms with Crippen LogP contribution in [0.25, 0.3) is 0 Å². The number of hydrogen-bond acceptors (Lipinski definition) is 3. The molecule has 0 spiro atoms. The van der Waals surface area contributed by atoms with Gasteiger partial charge in [0.2, 0.25) is 0 Å². The van der Waals surface area contributed by atoms with Gasteiger partial charge >= 0.3 is 0 Å². The third-order valence-corrected chi connectivity index (χ3v) is 4.05. The van der Waals surface area contributed by atoms with E-state index in [1.165, 1.54) is 0 Å². The molecule has 0 saturated carbocycles. The molecule has 1 saturated heterocycles. The number of halogens is 1. The van der Waals surface area contributed by atoms with Crippen molar-refractivity contribution < 1.29 is 14.3 Å². The summed E-state index contributed by atoms with van der Waals surface area (Å²) in [4.78, 5) is 14.6. The predicted octanol–water partition coefficient (Wildman–Crippen LogP) is 3.44. The number of nitrogens with zero attached hydrogens (tertiary/aromatic N) is 1. The molecule has 1 amide bonds. The van der Waals surface area contributed by atoms with Crippen molar-refractivity contribution >= 4 is 17.5 Å². The number of ether oxygens (including phenoxy) is 2. The number of aryl methyl sites for hydroxylation is 1. The van der Waals surface area contributed by atoms with Gasteiger partial charge in [0.05, 0.1) is 17.2 Å². The van der Waals surface area contributed by atoms with Crippen LogP contribution in [0.5, 0.6) is 5.75 Å². The molecule has 1 aromatic carbocycles.